The molecule has 2 rings (SSSR count). The summed E-state index contributed by atoms with van der Waals surface area (Å²) < 4.78 is 5.07. The van der Waals surface area contributed by atoms with E-state index in [0.29, 0.717) is 24.9 Å². The van der Waals surface area contributed by atoms with Crippen molar-refractivity contribution in [2.75, 3.05) is 18.4 Å². The Bertz CT molecular complexity index is 549. The summed E-state index contributed by atoms with van der Waals surface area (Å²) in [4.78, 5) is 13.6. The van der Waals surface area contributed by atoms with Gasteiger partial charge in [-0.2, -0.15) is 0 Å². The van der Waals surface area contributed by atoms with Gasteiger partial charge in [0.05, 0.1) is 5.76 Å². The third-order valence-electron chi connectivity index (χ3n) is 4.04. The molecule has 1 amide bonds. The van der Waals surface area contributed by atoms with Gasteiger partial charge in [0.15, 0.2) is 0 Å². The van der Waals surface area contributed by atoms with E-state index >= 15 is 0 Å². The SMILES string of the molecule is C=C(C)OC(=O)N1CCC(Nc2c(C)cc(C)cc2C)CC1. The fourth-order valence-electron chi connectivity index (χ4n) is 3.03. The molecule has 1 heterocycles. The van der Waals surface area contributed by atoms with Gasteiger partial charge in [0, 0.05) is 24.8 Å². The Balaban J connectivity index is 1.93. The van der Waals surface area contributed by atoms with E-state index in [1.165, 1.54) is 22.4 Å². The molecule has 1 aromatic rings. The molecule has 4 nitrogen and oxygen atoms in total. The van der Waals surface area contributed by atoms with E-state index in [1.54, 1.807) is 11.8 Å². The molecule has 1 N–H and O–H groups in total. The van der Waals surface area contributed by atoms with Gasteiger partial charge in [0.2, 0.25) is 0 Å². The van der Waals surface area contributed by atoms with Gasteiger partial charge in [0.1, 0.15) is 0 Å². The van der Waals surface area contributed by atoms with Crippen molar-refractivity contribution in [1.82, 2.24) is 4.90 Å². The quantitative estimate of drug-likeness (QED) is 0.852. The Morgan fingerprint density at radius 2 is 1.77 bits per heavy atom. The van der Waals surface area contributed by atoms with Crippen LogP contribution in [0.2, 0.25) is 0 Å². The molecule has 0 atom stereocenters. The summed E-state index contributed by atoms with van der Waals surface area (Å²) in [5.74, 6) is 0.441. The number of amides is 1. The highest BCUT2D eigenvalue weighted by atomic mass is 16.6. The summed E-state index contributed by atoms with van der Waals surface area (Å²) in [7, 11) is 0. The van der Waals surface area contributed by atoms with E-state index in [1.807, 2.05) is 0 Å². The molecule has 4 heteroatoms. The molecule has 0 bridgehead atoms. The van der Waals surface area contributed by atoms with E-state index in [0.717, 1.165) is 12.8 Å². The van der Waals surface area contributed by atoms with Gasteiger partial charge < -0.3 is 15.0 Å². The Labute approximate surface area is 133 Å². The molecule has 120 valence electrons. The second kappa shape index (κ2) is 6.86. The molecule has 1 saturated heterocycles. The Hall–Kier alpha value is -1.97. The number of nitrogens with one attached hydrogen (secondary N) is 1. The van der Waals surface area contributed by atoms with Crippen molar-refractivity contribution in [1.29, 1.82) is 0 Å². The number of aryl methyl sites for hydroxylation is 3. The summed E-state index contributed by atoms with van der Waals surface area (Å²) in [6.45, 7) is 13.1. The second-order valence-electron chi connectivity index (χ2n) is 6.25. The number of hydrogen-bond acceptors (Lipinski definition) is 3. The lowest BCUT2D eigenvalue weighted by molar-refractivity contribution is 0.119. The average Bonchev–Trinajstić information content (AvgIpc) is 2.42. The Kier molecular flexibility index (Phi) is 5.11. The van der Waals surface area contributed by atoms with Crippen molar-refractivity contribution in [3.05, 3.63) is 41.2 Å². The van der Waals surface area contributed by atoms with Crippen molar-refractivity contribution in [3.63, 3.8) is 0 Å². The molecule has 22 heavy (non-hydrogen) atoms. The molecule has 0 spiro atoms. The predicted octanol–water partition coefficient (Wildman–Crippen LogP) is 4.16. The minimum Gasteiger partial charge on any atom is -0.416 e. The van der Waals surface area contributed by atoms with Crippen LogP contribution in [0, 0.1) is 20.8 Å². The Morgan fingerprint density at radius 1 is 1.23 bits per heavy atom. The highest BCUT2D eigenvalue weighted by molar-refractivity contribution is 5.69. The average molecular weight is 302 g/mol. The van der Waals surface area contributed by atoms with Crippen molar-refractivity contribution in [3.8, 4) is 0 Å². The number of likely N-dealkylation sites (tertiary alicyclic amines) is 1. The van der Waals surface area contributed by atoms with Gasteiger partial charge in [0.25, 0.3) is 0 Å². The Morgan fingerprint density at radius 3 is 2.27 bits per heavy atom. The molecule has 0 radical (unpaired) electrons. The number of allylic oxidation sites excluding steroid dienone is 1. The van der Waals surface area contributed by atoms with Gasteiger partial charge in [-0.15, -0.1) is 0 Å². The zero-order valence-corrected chi connectivity index (χ0v) is 14.0. The number of nitrogens with zero attached hydrogens (tertiary/aromatic N) is 1. The topological polar surface area (TPSA) is 41.6 Å². The lowest BCUT2D eigenvalue weighted by Gasteiger charge is -2.33. The van der Waals surface area contributed by atoms with Gasteiger partial charge >= 0.3 is 6.09 Å². The van der Waals surface area contributed by atoms with Gasteiger partial charge in [-0.3, -0.25) is 0 Å². The molecule has 0 aromatic heterocycles. The zero-order valence-electron chi connectivity index (χ0n) is 14.0. The van der Waals surface area contributed by atoms with Crippen molar-refractivity contribution in [2.24, 2.45) is 0 Å². The fraction of sp³-hybridized carbons (Fsp3) is 0.500. The number of anilines is 1. The number of carbonyl (C=O) groups excluding carboxylic acids is 1. The maximum Gasteiger partial charge on any atom is 0.414 e. The first-order valence-electron chi connectivity index (χ1n) is 7.83. The van der Waals surface area contributed by atoms with E-state index in [-0.39, 0.29) is 6.09 Å². The summed E-state index contributed by atoms with van der Waals surface area (Å²) in [5.41, 5.74) is 5.08. The molecule has 1 aromatic carbocycles. The lowest BCUT2D eigenvalue weighted by atomic mass is 10.0. The minimum atomic E-state index is -0.284. The highest BCUT2D eigenvalue weighted by Gasteiger charge is 2.24. The summed E-state index contributed by atoms with van der Waals surface area (Å²) >= 11 is 0. The number of rotatable bonds is 3. The van der Waals surface area contributed by atoms with Gasteiger partial charge in [-0.25, -0.2) is 4.79 Å². The maximum absolute atomic E-state index is 11.8. The largest absolute Gasteiger partial charge is 0.416 e. The molecule has 1 aliphatic heterocycles. The first-order chi connectivity index (χ1) is 10.4. The summed E-state index contributed by atoms with van der Waals surface area (Å²) in [5, 5.41) is 3.65. The van der Waals surface area contributed by atoms with Gasteiger partial charge in [-0.1, -0.05) is 24.3 Å². The molecule has 0 unspecified atom stereocenters. The van der Waals surface area contributed by atoms with E-state index in [9.17, 15) is 4.79 Å². The summed E-state index contributed by atoms with van der Waals surface area (Å²) in [6.07, 6.45) is 1.57. The number of carbonyl (C=O) groups is 1. The summed E-state index contributed by atoms with van der Waals surface area (Å²) in [6, 6.07) is 4.80. The fourth-order valence-corrected chi connectivity index (χ4v) is 3.03. The standard InChI is InChI=1S/C18H26N2O2/c1-12(2)22-18(21)20-8-6-16(7-9-20)19-17-14(4)10-13(3)11-15(17)5/h10-11,16,19H,1,6-9H2,2-5H3. The van der Waals surface area contributed by atoms with Crippen molar-refractivity contribution in [2.45, 2.75) is 46.6 Å². The molecular weight excluding hydrogens is 276 g/mol. The number of benzene rings is 1. The normalized spacial score (nSPS) is 15.5. The van der Waals surface area contributed by atoms with Crippen LogP contribution in [-0.4, -0.2) is 30.1 Å². The van der Waals surface area contributed by atoms with Crippen LogP contribution in [-0.2, 0) is 4.74 Å². The first-order valence-corrected chi connectivity index (χ1v) is 7.83. The number of ether oxygens (including phenoxy) is 1. The molecular formula is C18H26N2O2. The first kappa shape index (κ1) is 16.4. The maximum atomic E-state index is 11.8. The number of hydrogen-bond donors (Lipinski definition) is 1. The van der Waals surface area contributed by atoms with E-state index in [4.69, 9.17) is 4.74 Å². The van der Waals surface area contributed by atoms with E-state index < -0.39 is 0 Å². The lowest BCUT2D eigenvalue weighted by Crippen LogP contribution is -2.42. The highest BCUT2D eigenvalue weighted by Crippen LogP contribution is 2.25. The predicted molar refractivity (Wildman–Crippen MR) is 90.2 cm³/mol. The van der Waals surface area contributed by atoms with Crippen LogP contribution in [0.15, 0.2) is 24.5 Å². The van der Waals surface area contributed by atoms with Crippen LogP contribution in [0.5, 0.6) is 0 Å². The molecule has 1 fully saturated rings. The van der Waals surface area contributed by atoms with E-state index in [2.05, 4.69) is 44.8 Å². The van der Waals surface area contributed by atoms with Crippen LogP contribution in [0.1, 0.15) is 36.5 Å². The molecule has 0 aliphatic carbocycles. The van der Waals surface area contributed by atoms with Crippen LogP contribution in [0.4, 0.5) is 10.5 Å². The smallest absolute Gasteiger partial charge is 0.414 e. The zero-order chi connectivity index (χ0) is 16.3. The van der Waals surface area contributed by atoms with Crippen molar-refractivity contribution < 1.29 is 9.53 Å². The van der Waals surface area contributed by atoms with Crippen LogP contribution < -0.4 is 5.32 Å². The van der Waals surface area contributed by atoms with Gasteiger partial charge in [-0.05, 0) is 51.7 Å². The monoisotopic (exact) mass is 302 g/mol. The number of piperidine rings is 1. The molecule has 0 saturated carbocycles. The third kappa shape index (κ3) is 4.03. The van der Waals surface area contributed by atoms with Crippen LogP contribution >= 0.6 is 0 Å². The van der Waals surface area contributed by atoms with Crippen LogP contribution in [0.3, 0.4) is 0 Å². The molecule has 1 aliphatic rings. The second-order valence-corrected chi connectivity index (χ2v) is 6.25. The van der Waals surface area contributed by atoms with Crippen molar-refractivity contribution >= 4 is 11.8 Å². The minimum absolute atomic E-state index is 0.284. The third-order valence-corrected chi connectivity index (χ3v) is 4.04. The van der Waals surface area contributed by atoms with Crippen LogP contribution in [0.25, 0.3) is 0 Å².